The maximum absolute atomic E-state index is 11.7. The molecule has 1 amide bonds. The van der Waals surface area contributed by atoms with Crippen LogP contribution in [0.5, 0.6) is 0 Å². The highest BCUT2D eigenvalue weighted by Gasteiger charge is 2.26. The zero-order chi connectivity index (χ0) is 18.7. The van der Waals surface area contributed by atoms with Gasteiger partial charge in [-0.3, -0.25) is 14.7 Å². The summed E-state index contributed by atoms with van der Waals surface area (Å²) >= 11 is 0. The lowest BCUT2D eigenvalue weighted by Crippen LogP contribution is -2.53. The molecule has 1 heterocycles. The number of nitrogens with zero attached hydrogens (tertiary/aromatic N) is 3. The quantitative estimate of drug-likeness (QED) is 0.295. The lowest BCUT2D eigenvalue weighted by Gasteiger charge is -2.39. The van der Waals surface area contributed by atoms with Crippen LogP contribution in [0.2, 0.25) is 0 Å². The van der Waals surface area contributed by atoms with Gasteiger partial charge in [-0.15, -0.1) is 24.0 Å². The minimum Gasteiger partial charge on any atom is -0.379 e. The molecule has 1 aliphatic heterocycles. The molecule has 1 saturated heterocycles. The Hall–Kier alpha value is -0.610. The third-order valence-corrected chi connectivity index (χ3v) is 4.94. The van der Waals surface area contributed by atoms with Crippen LogP contribution in [0, 0.1) is 5.92 Å². The van der Waals surface area contributed by atoms with Gasteiger partial charge in [-0.1, -0.05) is 26.7 Å². The summed E-state index contributed by atoms with van der Waals surface area (Å²) in [5.41, 5.74) is 0. The third-order valence-electron chi connectivity index (χ3n) is 4.94. The van der Waals surface area contributed by atoms with Gasteiger partial charge in [0.1, 0.15) is 0 Å². The zero-order valence-corrected chi connectivity index (χ0v) is 19.4. The van der Waals surface area contributed by atoms with Crippen molar-refractivity contribution in [2.75, 3.05) is 60.5 Å². The summed E-state index contributed by atoms with van der Waals surface area (Å²) in [5.74, 6) is 1.53. The predicted octanol–water partition coefficient (Wildman–Crippen LogP) is 1.38. The van der Waals surface area contributed by atoms with Crippen LogP contribution >= 0.6 is 24.0 Å². The number of halogens is 1. The van der Waals surface area contributed by atoms with Crippen LogP contribution in [0.1, 0.15) is 33.1 Å². The van der Waals surface area contributed by atoms with Gasteiger partial charge >= 0.3 is 0 Å². The highest BCUT2D eigenvalue weighted by molar-refractivity contribution is 14.0. The Bertz CT molecular complexity index is 410. The Morgan fingerprint density at radius 1 is 1.19 bits per heavy atom. The summed E-state index contributed by atoms with van der Waals surface area (Å²) in [6, 6.07) is 0.473. The standard InChI is InChI=1S/C18H37N5O2.HI/c1-6-15(7-2)16(23-10-12-25-13-11-23)14-21-18(19-3)20-9-8-17(24)22(4)5;/h15-16H,6-14H2,1-5H3,(H2,19,20,21);1H. The van der Waals surface area contributed by atoms with Crippen molar-refractivity contribution in [2.24, 2.45) is 10.9 Å². The molecule has 1 unspecified atom stereocenters. The molecule has 1 aliphatic rings. The Balaban J connectivity index is 0.00000625. The number of ether oxygens (including phenoxy) is 1. The smallest absolute Gasteiger partial charge is 0.223 e. The highest BCUT2D eigenvalue weighted by Crippen LogP contribution is 2.19. The molecule has 0 aromatic carbocycles. The van der Waals surface area contributed by atoms with Crippen molar-refractivity contribution in [3.63, 3.8) is 0 Å². The van der Waals surface area contributed by atoms with Crippen LogP contribution in [-0.2, 0) is 9.53 Å². The van der Waals surface area contributed by atoms with E-state index in [-0.39, 0.29) is 29.9 Å². The topological polar surface area (TPSA) is 69.2 Å². The fourth-order valence-electron chi connectivity index (χ4n) is 3.27. The SMILES string of the molecule is CCC(CC)C(CNC(=NC)NCCC(=O)N(C)C)N1CCOCC1.I. The Morgan fingerprint density at radius 2 is 1.81 bits per heavy atom. The van der Waals surface area contributed by atoms with E-state index in [2.05, 4.69) is 34.4 Å². The first kappa shape index (κ1) is 25.4. The molecule has 0 saturated carbocycles. The second kappa shape index (κ2) is 14.4. The van der Waals surface area contributed by atoms with Gasteiger partial charge in [0, 0.05) is 59.8 Å². The van der Waals surface area contributed by atoms with Crippen LogP contribution in [0.4, 0.5) is 0 Å². The first-order chi connectivity index (χ1) is 12.0. The van der Waals surface area contributed by atoms with Crippen molar-refractivity contribution in [3.05, 3.63) is 0 Å². The summed E-state index contributed by atoms with van der Waals surface area (Å²) in [7, 11) is 5.32. The lowest BCUT2D eigenvalue weighted by molar-refractivity contribution is -0.128. The van der Waals surface area contributed by atoms with E-state index in [1.165, 1.54) is 12.8 Å². The molecule has 8 heteroatoms. The molecule has 1 fully saturated rings. The van der Waals surface area contributed by atoms with Crippen molar-refractivity contribution >= 4 is 35.8 Å². The van der Waals surface area contributed by atoms with Crippen LogP contribution in [0.15, 0.2) is 4.99 Å². The van der Waals surface area contributed by atoms with Crippen LogP contribution < -0.4 is 10.6 Å². The molecule has 1 rings (SSSR count). The number of carbonyl (C=O) groups is 1. The summed E-state index contributed by atoms with van der Waals surface area (Å²) in [4.78, 5) is 20.1. The molecule has 26 heavy (non-hydrogen) atoms. The van der Waals surface area contributed by atoms with Crippen molar-refractivity contribution in [1.82, 2.24) is 20.4 Å². The summed E-state index contributed by atoms with van der Waals surface area (Å²) < 4.78 is 5.50. The molecule has 2 N–H and O–H groups in total. The largest absolute Gasteiger partial charge is 0.379 e. The van der Waals surface area contributed by atoms with E-state index in [1.807, 2.05) is 0 Å². The number of hydrogen-bond acceptors (Lipinski definition) is 4. The normalized spacial score (nSPS) is 16.8. The lowest BCUT2D eigenvalue weighted by atomic mass is 9.92. The molecule has 0 aromatic heterocycles. The number of hydrogen-bond donors (Lipinski definition) is 2. The van der Waals surface area contributed by atoms with Crippen LogP contribution in [0.25, 0.3) is 0 Å². The molecule has 7 nitrogen and oxygen atoms in total. The number of amides is 1. The highest BCUT2D eigenvalue weighted by atomic mass is 127. The van der Waals surface area contributed by atoms with Gasteiger partial charge in [0.2, 0.25) is 5.91 Å². The molecule has 0 bridgehead atoms. The number of guanidine groups is 1. The number of rotatable bonds is 9. The molecule has 0 aromatic rings. The van der Waals surface area contributed by atoms with E-state index in [9.17, 15) is 4.79 Å². The number of morpholine rings is 1. The van der Waals surface area contributed by atoms with Crippen molar-refractivity contribution in [1.29, 1.82) is 0 Å². The fourth-order valence-corrected chi connectivity index (χ4v) is 3.27. The molecule has 0 spiro atoms. The Labute approximate surface area is 176 Å². The number of aliphatic imine (C=N–C) groups is 1. The second-order valence-corrected chi connectivity index (χ2v) is 6.71. The van der Waals surface area contributed by atoms with Crippen molar-refractivity contribution in [2.45, 2.75) is 39.2 Å². The van der Waals surface area contributed by atoms with E-state index in [4.69, 9.17) is 4.74 Å². The van der Waals surface area contributed by atoms with E-state index in [0.717, 1.165) is 38.8 Å². The first-order valence-corrected chi connectivity index (χ1v) is 9.49. The van der Waals surface area contributed by atoms with Gasteiger partial charge in [0.05, 0.1) is 13.2 Å². The van der Waals surface area contributed by atoms with E-state index >= 15 is 0 Å². The summed E-state index contributed by atoms with van der Waals surface area (Å²) in [6.07, 6.45) is 2.81. The van der Waals surface area contributed by atoms with E-state index in [1.54, 1.807) is 26.0 Å². The average molecular weight is 483 g/mol. The molecule has 0 radical (unpaired) electrons. The predicted molar refractivity (Wildman–Crippen MR) is 118 cm³/mol. The van der Waals surface area contributed by atoms with E-state index in [0.29, 0.717) is 24.9 Å². The van der Waals surface area contributed by atoms with Gasteiger partial charge in [0.15, 0.2) is 5.96 Å². The first-order valence-electron chi connectivity index (χ1n) is 9.49. The maximum Gasteiger partial charge on any atom is 0.223 e. The number of carbonyl (C=O) groups excluding carboxylic acids is 1. The Morgan fingerprint density at radius 3 is 2.31 bits per heavy atom. The van der Waals surface area contributed by atoms with Gasteiger partial charge in [-0.25, -0.2) is 0 Å². The molecule has 0 aliphatic carbocycles. The Kier molecular flexibility index (Phi) is 14.1. The van der Waals surface area contributed by atoms with E-state index < -0.39 is 0 Å². The van der Waals surface area contributed by atoms with Gasteiger partial charge < -0.3 is 20.3 Å². The zero-order valence-electron chi connectivity index (χ0n) is 17.1. The second-order valence-electron chi connectivity index (χ2n) is 6.71. The van der Waals surface area contributed by atoms with Gasteiger partial charge in [0.25, 0.3) is 0 Å². The number of nitrogens with one attached hydrogen (secondary N) is 2. The summed E-state index contributed by atoms with van der Waals surface area (Å²) in [5, 5.41) is 6.69. The van der Waals surface area contributed by atoms with Gasteiger partial charge in [-0.05, 0) is 5.92 Å². The van der Waals surface area contributed by atoms with Crippen molar-refractivity contribution < 1.29 is 9.53 Å². The minimum absolute atomic E-state index is 0. The third kappa shape index (κ3) is 8.85. The monoisotopic (exact) mass is 483 g/mol. The van der Waals surface area contributed by atoms with Gasteiger partial charge in [-0.2, -0.15) is 0 Å². The van der Waals surface area contributed by atoms with Crippen LogP contribution in [0.3, 0.4) is 0 Å². The molecular weight excluding hydrogens is 445 g/mol. The minimum atomic E-state index is 0. The molecular formula is C18H38IN5O2. The fraction of sp³-hybridized carbons (Fsp3) is 0.889. The maximum atomic E-state index is 11.7. The van der Waals surface area contributed by atoms with Crippen LogP contribution in [-0.4, -0.2) is 88.2 Å². The summed E-state index contributed by atoms with van der Waals surface area (Å²) in [6.45, 7) is 9.59. The van der Waals surface area contributed by atoms with Crippen molar-refractivity contribution in [3.8, 4) is 0 Å². The average Bonchev–Trinajstić information content (AvgIpc) is 2.63. The molecule has 154 valence electrons. The molecule has 1 atom stereocenters.